The van der Waals surface area contributed by atoms with Crippen LogP contribution in [0.15, 0.2) is 0 Å². The summed E-state index contributed by atoms with van der Waals surface area (Å²) in [6.07, 6.45) is 11.7. The quantitative estimate of drug-likeness (QED) is 0.663. The van der Waals surface area contributed by atoms with Crippen molar-refractivity contribution in [2.75, 3.05) is 6.54 Å². The maximum atomic E-state index is 3.73. The van der Waals surface area contributed by atoms with Crippen molar-refractivity contribution < 1.29 is 0 Å². The highest BCUT2D eigenvalue weighted by Gasteiger charge is 2.21. The molecule has 1 N–H and O–H groups in total. The minimum atomic E-state index is 0.852. The molecule has 0 aliphatic heterocycles. The van der Waals surface area contributed by atoms with E-state index in [0.717, 1.165) is 17.9 Å². The summed E-state index contributed by atoms with van der Waals surface area (Å²) in [5.41, 5.74) is 0. The SMILES string of the molecule is CC1CCC(NCCCC2CC2)CC1. The Morgan fingerprint density at radius 3 is 2.36 bits per heavy atom. The predicted octanol–water partition coefficient (Wildman–Crippen LogP) is 3.34. The van der Waals surface area contributed by atoms with E-state index >= 15 is 0 Å². The predicted molar refractivity (Wildman–Crippen MR) is 61.4 cm³/mol. The van der Waals surface area contributed by atoms with Crippen molar-refractivity contribution in [2.24, 2.45) is 11.8 Å². The van der Waals surface area contributed by atoms with Gasteiger partial charge >= 0.3 is 0 Å². The second-order valence-electron chi connectivity index (χ2n) is 5.50. The molecule has 2 aliphatic carbocycles. The fourth-order valence-electron chi connectivity index (χ4n) is 2.57. The molecule has 0 unspecified atom stereocenters. The molecule has 0 aromatic rings. The summed E-state index contributed by atoms with van der Waals surface area (Å²) in [6, 6.07) is 0.852. The van der Waals surface area contributed by atoms with Gasteiger partial charge in [0, 0.05) is 6.04 Å². The third kappa shape index (κ3) is 3.61. The molecule has 2 saturated carbocycles. The molecule has 0 radical (unpaired) electrons. The monoisotopic (exact) mass is 195 g/mol. The van der Waals surface area contributed by atoms with E-state index in [1.54, 1.807) is 0 Å². The smallest absolute Gasteiger partial charge is 0.00672 e. The molecular weight excluding hydrogens is 170 g/mol. The lowest BCUT2D eigenvalue weighted by Crippen LogP contribution is -2.33. The van der Waals surface area contributed by atoms with Crippen LogP contribution in [0.25, 0.3) is 0 Å². The highest BCUT2D eigenvalue weighted by molar-refractivity contribution is 4.76. The second kappa shape index (κ2) is 5.16. The van der Waals surface area contributed by atoms with Crippen LogP contribution < -0.4 is 5.32 Å². The lowest BCUT2D eigenvalue weighted by atomic mass is 9.87. The van der Waals surface area contributed by atoms with Gasteiger partial charge in [0.2, 0.25) is 0 Å². The first-order valence-corrected chi connectivity index (χ1v) is 6.58. The second-order valence-corrected chi connectivity index (χ2v) is 5.50. The Hall–Kier alpha value is -0.0400. The molecule has 2 aliphatic rings. The standard InChI is InChI=1S/C13H25N/c1-11-4-8-13(9-5-11)14-10-2-3-12-6-7-12/h11-14H,2-10H2,1H3. The Bertz CT molecular complexity index is 155. The van der Waals surface area contributed by atoms with E-state index in [1.807, 2.05) is 0 Å². The molecule has 0 heterocycles. The average molecular weight is 195 g/mol. The van der Waals surface area contributed by atoms with Crippen molar-refractivity contribution in [3.8, 4) is 0 Å². The van der Waals surface area contributed by atoms with Gasteiger partial charge in [0.15, 0.2) is 0 Å². The van der Waals surface area contributed by atoms with E-state index in [4.69, 9.17) is 0 Å². The highest BCUT2D eigenvalue weighted by Crippen LogP contribution is 2.33. The van der Waals surface area contributed by atoms with Gasteiger partial charge in [-0.05, 0) is 56.9 Å². The van der Waals surface area contributed by atoms with Gasteiger partial charge < -0.3 is 5.32 Å². The van der Waals surface area contributed by atoms with Crippen molar-refractivity contribution in [2.45, 2.75) is 64.3 Å². The summed E-state index contributed by atoms with van der Waals surface area (Å²) in [5, 5.41) is 3.73. The maximum absolute atomic E-state index is 3.73. The summed E-state index contributed by atoms with van der Waals surface area (Å²) in [5.74, 6) is 2.10. The minimum Gasteiger partial charge on any atom is -0.314 e. The zero-order chi connectivity index (χ0) is 9.80. The van der Waals surface area contributed by atoms with Gasteiger partial charge in [-0.3, -0.25) is 0 Å². The van der Waals surface area contributed by atoms with Crippen molar-refractivity contribution >= 4 is 0 Å². The zero-order valence-electron chi connectivity index (χ0n) is 9.60. The molecule has 0 amide bonds. The van der Waals surface area contributed by atoms with Gasteiger partial charge in [0.25, 0.3) is 0 Å². The topological polar surface area (TPSA) is 12.0 Å². The number of hydrogen-bond donors (Lipinski definition) is 1. The Balaban J connectivity index is 1.47. The normalized spacial score (nSPS) is 33.2. The zero-order valence-corrected chi connectivity index (χ0v) is 9.60. The molecular formula is C13H25N. The fourth-order valence-corrected chi connectivity index (χ4v) is 2.57. The van der Waals surface area contributed by atoms with Crippen LogP contribution in [0.3, 0.4) is 0 Å². The molecule has 1 heteroatoms. The van der Waals surface area contributed by atoms with Crippen LogP contribution in [0, 0.1) is 11.8 Å². The largest absolute Gasteiger partial charge is 0.314 e. The molecule has 2 rings (SSSR count). The Morgan fingerprint density at radius 2 is 1.71 bits per heavy atom. The molecule has 0 spiro atoms. The van der Waals surface area contributed by atoms with Crippen LogP contribution >= 0.6 is 0 Å². The van der Waals surface area contributed by atoms with E-state index in [9.17, 15) is 0 Å². The lowest BCUT2D eigenvalue weighted by molar-refractivity contribution is 0.306. The van der Waals surface area contributed by atoms with Gasteiger partial charge in [0.05, 0.1) is 0 Å². The van der Waals surface area contributed by atoms with Gasteiger partial charge in [-0.1, -0.05) is 19.8 Å². The third-order valence-corrected chi connectivity index (χ3v) is 3.93. The van der Waals surface area contributed by atoms with E-state index in [-0.39, 0.29) is 0 Å². The first-order chi connectivity index (χ1) is 6.84. The Labute approximate surface area is 88.7 Å². The Kier molecular flexibility index (Phi) is 3.86. The summed E-state index contributed by atoms with van der Waals surface area (Å²) in [7, 11) is 0. The molecule has 0 bridgehead atoms. The first-order valence-electron chi connectivity index (χ1n) is 6.58. The molecule has 2 fully saturated rings. The first kappa shape index (κ1) is 10.5. The molecule has 1 nitrogen and oxygen atoms in total. The fraction of sp³-hybridized carbons (Fsp3) is 1.00. The van der Waals surface area contributed by atoms with E-state index in [2.05, 4.69) is 12.2 Å². The minimum absolute atomic E-state index is 0.852. The molecule has 14 heavy (non-hydrogen) atoms. The third-order valence-electron chi connectivity index (χ3n) is 3.93. The molecule has 82 valence electrons. The van der Waals surface area contributed by atoms with Crippen LogP contribution in [0.4, 0.5) is 0 Å². The highest BCUT2D eigenvalue weighted by atomic mass is 14.9. The van der Waals surface area contributed by atoms with Crippen LogP contribution in [-0.4, -0.2) is 12.6 Å². The van der Waals surface area contributed by atoms with Crippen molar-refractivity contribution in [3.63, 3.8) is 0 Å². The van der Waals surface area contributed by atoms with Crippen molar-refractivity contribution in [1.29, 1.82) is 0 Å². The van der Waals surface area contributed by atoms with Crippen molar-refractivity contribution in [3.05, 3.63) is 0 Å². The van der Waals surface area contributed by atoms with Crippen molar-refractivity contribution in [1.82, 2.24) is 5.32 Å². The summed E-state index contributed by atoms with van der Waals surface area (Å²) in [6.45, 7) is 3.67. The van der Waals surface area contributed by atoms with Crippen LogP contribution in [-0.2, 0) is 0 Å². The summed E-state index contributed by atoms with van der Waals surface area (Å²) < 4.78 is 0. The Morgan fingerprint density at radius 1 is 1.00 bits per heavy atom. The van der Waals surface area contributed by atoms with Gasteiger partial charge in [-0.25, -0.2) is 0 Å². The van der Waals surface area contributed by atoms with Crippen LogP contribution in [0.5, 0.6) is 0 Å². The molecule has 0 atom stereocenters. The van der Waals surface area contributed by atoms with Gasteiger partial charge in [0.1, 0.15) is 0 Å². The van der Waals surface area contributed by atoms with Gasteiger partial charge in [-0.2, -0.15) is 0 Å². The van der Waals surface area contributed by atoms with Gasteiger partial charge in [-0.15, -0.1) is 0 Å². The molecule has 0 saturated heterocycles. The van der Waals surface area contributed by atoms with Crippen LogP contribution in [0.2, 0.25) is 0 Å². The maximum Gasteiger partial charge on any atom is 0.00672 e. The van der Waals surface area contributed by atoms with Crippen LogP contribution in [0.1, 0.15) is 58.3 Å². The number of hydrogen-bond acceptors (Lipinski definition) is 1. The number of nitrogens with one attached hydrogen (secondary N) is 1. The molecule has 0 aromatic heterocycles. The van der Waals surface area contributed by atoms with E-state index in [0.29, 0.717) is 0 Å². The lowest BCUT2D eigenvalue weighted by Gasteiger charge is -2.27. The van der Waals surface area contributed by atoms with E-state index in [1.165, 1.54) is 57.9 Å². The molecule has 0 aromatic carbocycles. The summed E-state index contributed by atoms with van der Waals surface area (Å²) in [4.78, 5) is 0. The van der Waals surface area contributed by atoms with E-state index < -0.39 is 0 Å². The summed E-state index contributed by atoms with van der Waals surface area (Å²) >= 11 is 0. The number of rotatable bonds is 5. The average Bonchev–Trinajstić information content (AvgIpc) is 2.99.